The van der Waals surface area contributed by atoms with E-state index in [2.05, 4.69) is 17.1 Å². The number of hydrogen-bond donors (Lipinski definition) is 2. The summed E-state index contributed by atoms with van der Waals surface area (Å²) < 4.78 is 0. The Hall–Kier alpha value is -1.07. The second-order valence-electron chi connectivity index (χ2n) is 4.14. The number of thiophene rings is 1. The summed E-state index contributed by atoms with van der Waals surface area (Å²) in [7, 11) is 3.98. The predicted molar refractivity (Wildman–Crippen MR) is 69.0 cm³/mol. The Morgan fingerprint density at radius 1 is 1.62 bits per heavy atom. The molecule has 1 atom stereocenters. The number of carbonyl (C=O) groups is 1. The summed E-state index contributed by atoms with van der Waals surface area (Å²) in [6.45, 7) is 4.62. The number of likely N-dealkylation sites (N-methyl/N-ethyl adjacent to an activating group) is 1. The Balaban J connectivity index is 2.53. The van der Waals surface area contributed by atoms with Crippen molar-refractivity contribution in [3.63, 3.8) is 0 Å². The smallest absolute Gasteiger partial charge is 0.261 e. The molecule has 0 saturated heterocycles. The molecular weight excluding hydrogens is 222 g/mol. The van der Waals surface area contributed by atoms with E-state index >= 15 is 0 Å². The summed E-state index contributed by atoms with van der Waals surface area (Å²) in [5, 5.41) is 2.89. The highest BCUT2D eigenvalue weighted by atomic mass is 32.1. The van der Waals surface area contributed by atoms with Crippen molar-refractivity contribution in [1.82, 2.24) is 10.2 Å². The number of aryl methyl sites for hydroxylation is 1. The highest BCUT2D eigenvalue weighted by molar-refractivity contribution is 7.14. The minimum Gasteiger partial charge on any atom is -0.398 e. The molecular formula is C11H19N3OS. The normalized spacial score (nSPS) is 12.8. The molecule has 4 nitrogen and oxygen atoms in total. The molecule has 0 radical (unpaired) electrons. The maximum Gasteiger partial charge on any atom is 0.261 e. The molecule has 1 amide bonds. The van der Waals surface area contributed by atoms with Crippen LogP contribution in [0.4, 0.5) is 5.69 Å². The van der Waals surface area contributed by atoms with Gasteiger partial charge in [-0.05, 0) is 34.0 Å². The molecule has 0 saturated carbocycles. The number of nitrogens with two attached hydrogens (primary N) is 1. The monoisotopic (exact) mass is 241 g/mol. The molecule has 1 rings (SSSR count). The van der Waals surface area contributed by atoms with E-state index in [1.807, 2.05) is 21.0 Å². The molecule has 5 heteroatoms. The number of anilines is 1. The molecule has 1 heterocycles. The van der Waals surface area contributed by atoms with Crippen LogP contribution in [0.2, 0.25) is 0 Å². The zero-order valence-corrected chi connectivity index (χ0v) is 11.0. The van der Waals surface area contributed by atoms with Crippen molar-refractivity contribution in [2.75, 3.05) is 26.4 Å². The second-order valence-corrected chi connectivity index (χ2v) is 5.40. The van der Waals surface area contributed by atoms with Gasteiger partial charge in [0.1, 0.15) is 0 Å². The number of amides is 1. The molecule has 0 bridgehead atoms. The molecule has 0 aliphatic carbocycles. The van der Waals surface area contributed by atoms with Crippen molar-refractivity contribution in [3.8, 4) is 0 Å². The maximum atomic E-state index is 11.8. The fourth-order valence-electron chi connectivity index (χ4n) is 1.12. The van der Waals surface area contributed by atoms with E-state index in [1.165, 1.54) is 11.3 Å². The first-order valence-electron chi connectivity index (χ1n) is 5.22. The van der Waals surface area contributed by atoms with Gasteiger partial charge in [-0.1, -0.05) is 0 Å². The summed E-state index contributed by atoms with van der Waals surface area (Å²) in [5.41, 5.74) is 6.40. The first-order valence-corrected chi connectivity index (χ1v) is 6.04. The molecule has 0 spiro atoms. The Bertz CT molecular complexity index is 354. The van der Waals surface area contributed by atoms with Crippen molar-refractivity contribution in [2.24, 2.45) is 0 Å². The van der Waals surface area contributed by atoms with Crippen molar-refractivity contribution in [2.45, 2.75) is 19.9 Å². The van der Waals surface area contributed by atoms with E-state index in [-0.39, 0.29) is 5.91 Å². The maximum absolute atomic E-state index is 11.8. The van der Waals surface area contributed by atoms with Crippen LogP contribution >= 0.6 is 11.3 Å². The van der Waals surface area contributed by atoms with Gasteiger partial charge in [0.2, 0.25) is 0 Å². The van der Waals surface area contributed by atoms with Crippen LogP contribution < -0.4 is 11.1 Å². The van der Waals surface area contributed by atoms with Crippen LogP contribution in [0.5, 0.6) is 0 Å². The molecule has 0 aromatic carbocycles. The van der Waals surface area contributed by atoms with E-state index in [1.54, 1.807) is 6.07 Å². The Kier molecular flexibility index (Phi) is 4.32. The lowest BCUT2D eigenvalue weighted by molar-refractivity contribution is 0.0948. The third-order valence-corrected chi connectivity index (χ3v) is 3.68. The second kappa shape index (κ2) is 5.32. The topological polar surface area (TPSA) is 58.4 Å². The van der Waals surface area contributed by atoms with Gasteiger partial charge >= 0.3 is 0 Å². The predicted octanol–water partition coefficient (Wildman–Crippen LogP) is 1.32. The highest BCUT2D eigenvalue weighted by Gasteiger charge is 2.12. The molecule has 1 aromatic heterocycles. The quantitative estimate of drug-likeness (QED) is 0.836. The van der Waals surface area contributed by atoms with Gasteiger partial charge in [-0.15, -0.1) is 11.3 Å². The van der Waals surface area contributed by atoms with Crippen LogP contribution in [0.3, 0.4) is 0 Å². The lowest BCUT2D eigenvalue weighted by atomic mass is 10.3. The fraction of sp³-hybridized carbons (Fsp3) is 0.545. The minimum absolute atomic E-state index is 0.0431. The highest BCUT2D eigenvalue weighted by Crippen LogP contribution is 2.23. The lowest BCUT2D eigenvalue weighted by Crippen LogP contribution is -2.37. The average Bonchev–Trinajstić information content (AvgIpc) is 2.55. The fourth-order valence-corrected chi connectivity index (χ4v) is 1.98. The van der Waals surface area contributed by atoms with Gasteiger partial charge in [-0.3, -0.25) is 4.79 Å². The first kappa shape index (κ1) is 13.0. The van der Waals surface area contributed by atoms with Gasteiger partial charge in [0.15, 0.2) is 0 Å². The van der Waals surface area contributed by atoms with Gasteiger partial charge < -0.3 is 16.0 Å². The van der Waals surface area contributed by atoms with Crippen LogP contribution in [-0.4, -0.2) is 37.5 Å². The van der Waals surface area contributed by atoms with Crippen LogP contribution in [0.15, 0.2) is 6.07 Å². The number of nitrogen functional groups attached to an aromatic ring is 1. The van der Waals surface area contributed by atoms with Crippen LogP contribution in [0.1, 0.15) is 21.5 Å². The average molecular weight is 241 g/mol. The van der Waals surface area contributed by atoms with E-state index in [0.717, 1.165) is 4.88 Å². The number of hydrogen-bond acceptors (Lipinski definition) is 4. The molecule has 1 unspecified atom stereocenters. The summed E-state index contributed by atoms with van der Waals surface area (Å²) in [4.78, 5) is 15.5. The van der Waals surface area contributed by atoms with Crippen LogP contribution in [-0.2, 0) is 0 Å². The molecule has 16 heavy (non-hydrogen) atoms. The Labute approximate surface area is 100 Å². The number of nitrogens with one attached hydrogen (secondary N) is 1. The van der Waals surface area contributed by atoms with Crippen LogP contribution in [0, 0.1) is 6.92 Å². The minimum atomic E-state index is -0.0431. The van der Waals surface area contributed by atoms with Gasteiger partial charge in [0.25, 0.3) is 5.91 Å². The van der Waals surface area contributed by atoms with E-state index in [0.29, 0.717) is 23.2 Å². The summed E-state index contributed by atoms with van der Waals surface area (Å²) in [5.74, 6) is -0.0431. The summed E-state index contributed by atoms with van der Waals surface area (Å²) in [6, 6.07) is 2.05. The lowest BCUT2D eigenvalue weighted by Gasteiger charge is -2.19. The first-order chi connectivity index (χ1) is 7.41. The largest absolute Gasteiger partial charge is 0.398 e. The van der Waals surface area contributed by atoms with Crippen LogP contribution in [0.25, 0.3) is 0 Å². The van der Waals surface area contributed by atoms with E-state index in [4.69, 9.17) is 5.73 Å². The van der Waals surface area contributed by atoms with Crippen molar-refractivity contribution in [3.05, 3.63) is 15.8 Å². The van der Waals surface area contributed by atoms with E-state index < -0.39 is 0 Å². The number of nitrogens with zero attached hydrogens (tertiary/aromatic N) is 1. The summed E-state index contributed by atoms with van der Waals surface area (Å²) in [6.07, 6.45) is 0. The molecule has 3 N–H and O–H groups in total. The zero-order valence-electron chi connectivity index (χ0n) is 10.2. The number of rotatable bonds is 4. The van der Waals surface area contributed by atoms with Gasteiger partial charge in [-0.2, -0.15) is 0 Å². The van der Waals surface area contributed by atoms with Crippen molar-refractivity contribution in [1.29, 1.82) is 0 Å². The van der Waals surface area contributed by atoms with Crippen molar-refractivity contribution < 1.29 is 4.79 Å². The van der Waals surface area contributed by atoms with E-state index in [9.17, 15) is 4.79 Å². The summed E-state index contributed by atoms with van der Waals surface area (Å²) >= 11 is 1.43. The Morgan fingerprint density at radius 2 is 2.25 bits per heavy atom. The van der Waals surface area contributed by atoms with Gasteiger partial charge in [0.05, 0.1) is 4.88 Å². The third-order valence-electron chi connectivity index (χ3n) is 2.62. The molecule has 0 aliphatic heterocycles. The molecule has 0 fully saturated rings. The third kappa shape index (κ3) is 3.21. The van der Waals surface area contributed by atoms with Gasteiger partial charge in [0, 0.05) is 23.2 Å². The van der Waals surface area contributed by atoms with Gasteiger partial charge in [-0.25, -0.2) is 0 Å². The zero-order chi connectivity index (χ0) is 12.3. The molecule has 0 aliphatic rings. The molecule has 1 aromatic rings. The SMILES string of the molecule is Cc1sc(C(=O)NCC(C)N(C)C)cc1N. The van der Waals surface area contributed by atoms with Crippen molar-refractivity contribution >= 4 is 22.9 Å². The number of carbonyl (C=O) groups excluding carboxylic acids is 1. The molecule has 90 valence electrons. The Morgan fingerprint density at radius 3 is 2.69 bits per heavy atom. The standard InChI is InChI=1S/C11H19N3OS/c1-7(14(3)4)6-13-11(15)10-5-9(12)8(2)16-10/h5,7H,6,12H2,1-4H3,(H,13,15).